The number of hydrogen-bond donors (Lipinski definition) is 3. The number of imide groups is 1. The van der Waals surface area contributed by atoms with E-state index in [1.165, 1.54) is 0 Å². The van der Waals surface area contributed by atoms with Crippen molar-refractivity contribution in [3.63, 3.8) is 0 Å². The minimum absolute atomic E-state index is 0.0175. The highest BCUT2D eigenvalue weighted by molar-refractivity contribution is 5.94. The summed E-state index contributed by atoms with van der Waals surface area (Å²) in [5.74, 6) is 1.01. The van der Waals surface area contributed by atoms with E-state index in [1.807, 2.05) is 0 Å². The van der Waals surface area contributed by atoms with E-state index in [1.54, 1.807) is 13.8 Å². The van der Waals surface area contributed by atoms with Gasteiger partial charge in [-0.15, -0.1) is 6.42 Å². The molecule has 0 aliphatic carbocycles. The smallest absolute Gasteiger partial charge is 0.322 e. The van der Waals surface area contributed by atoms with Crippen molar-refractivity contribution in [3.8, 4) is 12.3 Å². The van der Waals surface area contributed by atoms with Gasteiger partial charge in [-0.05, 0) is 26.7 Å². The Balaban J connectivity index is 3.86. The lowest BCUT2D eigenvalue weighted by molar-refractivity contribution is -0.137. The Morgan fingerprint density at radius 3 is 2.28 bits per heavy atom. The van der Waals surface area contributed by atoms with Crippen LogP contribution in [0.2, 0.25) is 0 Å². The van der Waals surface area contributed by atoms with E-state index in [0.29, 0.717) is 12.8 Å². The second-order valence-corrected chi connectivity index (χ2v) is 4.37. The van der Waals surface area contributed by atoms with E-state index in [0.717, 1.165) is 0 Å². The minimum Gasteiger partial charge on any atom is -0.481 e. The Morgan fingerprint density at radius 1 is 1.22 bits per heavy atom. The molecule has 0 unspecified atom stereocenters. The molecule has 0 saturated carbocycles. The molecule has 3 N–H and O–H groups in total. The molecule has 0 spiro atoms. The molecule has 0 aromatic heterocycles. The van der Waals surface area contributed by atoms with Crippen molar-refractivity contribution in [2.45, 2.75) is 45.1 Å². The normalized spacial score (nSPS) is 10.3. The van der Waals surface area contributed by atoms with Gasteiger partial charge in [0.05, 0.1) is 5.54 Å². The van der Waals surface area contributed by atoms with Crippen molar-refractivity contribution in [3.05, 3.63) is 0 Å². The zero-order chi connectivity index (χ0) is 14.2. The quantitative estimate of drug-likeness (QED) is 0.484. The second-order valence-electron chi connectivity index (χ2n) is 4.37. The van der Waals surface area contributed by atoms with Crippen molar-refractivity contribution in [2.24, 2.45) is 0 Å². The molecular formula is C12H18N2O4. The lowest BCUT2D eigenvalue weighted by Gasteiger charge is -2.19. The number of carbonyl (C=O) groups excluding carboxylic acids is 2. The van der Waals surface area contributed by atoms with E-state index in [4.69, 9.17) is 11.5 Å². The second kappa shape index (κ2) is 7.33. The summed E-state index contributed by atoms with van der Waals surface area (Å²) in [5, 5.41) is 13.0. The largest absolute Gasteiger partial charge is 0.481 e. The molecule has 6 heteroatoms. The van der Waals surface area contributed by atoms with Crippen LogP contribution in [-0.4, -0.2) is 28.6 Å². The highest BCUT2D eigenvalue weighted by Crippen LogP contribution is 2.00. The first-order valence-electron chi connectivity index (χ1n) is 5.58. The maximum absolute atomic E-state index is 11.3. The van der Waals surface area contributed by atoms with Crippen LogP contribution in [0.1, 0.15) is 39.5 Å². The van der Waals surface area contributed by atoms with Gasteiger partial charge in [-0.1, -0.05) is 5.92 Å². The maximum atomic E-state index is 11.3. The van der Waals surface area contributed by atoms with Gasteiger partial charge < -0.3 is 10.4 Å². The van der Waals surface area contributed by atoms with Crippen molar-refractivity contribution in [2.75, 3.05) is 0 Å². The summed E-state index contributed by atoms with van der Waals surface area (Å²) in [5.41, 5.74) is -0.826. The van der Waals surface area contributed by atoms with Gasteiger partial charge in [-0.25, -0.2) is 4.79 Å². The number of carboxylic acid groups (broad SMARTS) is 1. The first-order chi connectivity index (χ1) is 8.26. The highest BCUT2D eigenvalue weighted by atomic mass is 16.4. The Hall–Kier alpha value is -2.03. The summed E-state index contributed by atoms with van der Waals surface area (Å²) < 4.78 is 0. The van der Waals surface area contributed by atoms with Gasteiger partial charge in [0, 0.05) is 12.8 Å². The summed E-state index contributed by atoms with van der Waals surface area (Å²) in [6.07, 6.45) is 6.13. The topological polar surface area (TPSA) is 95.5 Å². The Morgan fingerprint density at radius 2 is 1.78 bits per heavy atom. The van der Waals surface area contributed by atoms with E-state index >= 15 is 0 Å². The summed E-state index contributed by atoms with van der Waals surface area (Å²) >= 11 is 0. The summed E-state index contributed by atoms with van der Waals surface area (Å²) in [7, 11) is 0. The fraction of sp³-hybridized carbons (Fsp3) is 0.583. The number of unbranched alkanes of at least 4 members (excludes halogenated alkanes) is 1. The average Bonchev–Trinajstić information content (AvgIpc) is 2.23. The first kappa shape index (κ1) is 16.0. The Bertz CT molecular complexity index is 369. The lowest BCUT2D eigenvalue weighted by Crippen LogP contribution is -2.49. The number of hydrogen-bond acceptors (Lipinski definition) is 3. The van der Waals surface area contributed by atoms with Crippen molar-refractivity contribution in [1.29, 1.82) is 0 Å². The SMILES string of the molecule is C#CC(C)(C)NC(=O)NC(=O)CCCCC(=O)O. The number of carboxylic acids is 1. The summed E-state index contributed by atoms with van der Waals surface area (Å²) in [6.45, 7) is 3.26. The molecule has 0 fully saturated rings. The molecule has 0 heterocycles. The van der Waals surface area contributed by atoms with Gasteiger partial charge in [-0.3, -0.25) is 14.9 Å². The molecule has 3 amide bonds. The van der Waals surface area contributed by atoms with Crippen LogP contribution in [0.15, 0.2) is 0 Å². The Kier molecular flexibility index (Phi) is 6.50. The van der Waals surface area contributed by atoms with E-state index < -0.39 is 23.4 Å². The van der Waals surface area contributed by atoms with Gasteiger partial charge in [0.15, 0.2) is 0 Å². The standard InChI is InChI=1S/C12H18N2O4/c1-4-12(2,3)14-11(18)13-9(15)7-5-6-8-10(16)17/h1H,5-8H2,2-3H3,(H,16,17)(H2,13,14,15,18). The zero-order valence-electron chi connectivity index (χ0n) is 10.6. The molecular weight excluding hydrogens is 236 g/mol. The third kappa shape index (κ3) is 8.16. The van der Waals surface area contributed by atoms with Crippen LogP contribution >= 0.6 is 0 Å². The van der Waals surface area contributed by atoms with Crippen LogP contribution in [0.3, 0.4) is 0 Å². The van der Waals surface area contributed by atoms with Gasteiger partial charge >= 0.3 is 12.0 Å². The molecule has 0 aliphatic heterocycles. The van der Waals surface area contributed by atoms with Crippen LogP contribution in [0, 0.1) is 12.3 Å². The van der Waals surface area contributed by atoms with Crippen molar-refractivity contribution < 1.29 is 19.5 Å². The maximum Gasteiger partial charge on any atom is 0.322 e. The van der Waals surface area contributed by atoms with Crippen LogP contribution in [0.5, 0.6) is 0 Å². The van der Waals surface area contributed by atoms with Gasteiger partial charge in [-0.2, -0.15) is 0 Å². The fourth-order valence-electron chi connectivity index (χ4n) is 1.10. The molecule has 0 radical (unpaired) electrons. The fourth-order valence-corrected chi connectivity index (χ4v) is 1.10. The third-order valence-corrected chi connectivity index (χ3v) is 2.08. The number of aliphatic carboxylic acids is 1. The average molecular weight is 254 g/mol. The number of urea groups is 1. The van der Waals surface area contributed by atoms with Gasteiger partial charge in [0.25, 0.3) is 0 Å². The number of amides is 3. The summed E-state index contributed by atoms with van der Waals surface area (Å²) in [4.78, 5) is 32.9. The van der Waals surface area contributed by atoms with Crippen LogP contribution in [0.4, 0.5) is 4.79 Å². The third-order valence-electron chi connectivity index (χ3n) is 2.08. The molecule has 0 bridgehead atoms. The first-order valence-corrected chi connectivity index (χ1v) is 5.58. The molecule has 0 saturated heterocycles. The highest BCUT2D eigenvalue weighted by Gasteiger charge is 2.18. The molecule has 0 aliphatic rings. The van der Waals surface area contributed by atoms with Crippen molar-refractivity contribution in [1.82, 2.24) is 10.6 Å². The number of terminal acetylenes is 1. The van der Waals surface area contributed by atoms with E-state index in [2.05, 4.69) is 16.6 Å². The zero-order valence-corrected chi connectivity index (χ0v) is 10.6. The van der Waals surface area contributed by atoms with Gasteiger partial charge in [0.2, 0.25) is 5.91 Å². The lowest BCUT2D eigenvalue weighted by atomic mass is 10.1. The predicted octanol–water partition coefficient (Wildman–Crippen LogP) is 0.869. The van der Waals surface area contributed by atoms with Gasteiger partial charge in [0.1, 0.15) is 0 Å². The predicted molar refractivity (Wildman–Crippen MR) is 65.7 cm³/mol. The van der Waals surface area contributed by atoms with E-state index in [9.17, 15) is 14.4 Å². The molecule has 0 atom stereocenters. The molecule has 18 heavy (non-hydrogen) atoms. The number of nitrogens with one attached hydrogen (secondary N) is 2. The van der Waals surface area contributed by atoms with Crippen molar-refractivity contribution >= 4 is 17.9 Å². The summed E-state index contributed by atoms with van der Waals surface area (Å²) in [6, 6.07) is -0.652. The molecule has 0 rings (SSSR count). The molecule has 100 valence electrons. The van der Waals surface area contributed by atoms with Crippen LogP contribution in [-0.2, 0) is 9.59 Å². The number of rotatable bonds is 6. The monoisotopic (exact) mass is 254 g/mol. The van der Waals surface area contributed by atoms with Crippen LogP contribution < -0.4 is 10.6 Å². The Labute approximate surface area is 106 Å². The molecule has 0 aromatic rings. The number of carbonyl (C=O) groups is 3. The van der Waals surface area contributed by atoms with Crippen LogP contribution in [0.25, 0.3) is 0 Å². The molecule has 0 aromatic carbocycles. The minimum atomic E-state index is -0.899. The molecule has 6 nitrogen and oxygen atoms in total. The van der Waals surface area contributed by atoms with E-state index in [-0.39, 0.29) is 12.8 Å².